The van der Waals surface area contributed by atoms with E-state index in [1.54, 1.807) is 18.2 Å². The Balaban J connectivity index is 1.17. The number of Topliss-reactive ketones (excluding diaryl/α,β-unsaturated/α-hetero) is 1. The van der Waals surface area contributed by atoms with E-state index in [0.29, 0.717) is 41.3 Å². The molecule has 34 heavy (non-hydrogen) atoms. The van der Waals surface area contributed by atoms with Crippen molar-refractivity contribution in [2.24, 2.45) is 11.8 Å². The smallest absolute Gasteiger partial charge is 0.181 e. The molecule has 5 nitrogen and oxygen atoms in total. The maximum atomic E-state index is 13.4. The molecule has 1 aliphatic rings. The highest BCUT2D eigenvalue weighted by molar-refractivity contribution is 6.31. The summed E-state index contributed by atoms with van der Waals surface area (Å²) in [7, 11) is 0. The minimum Gasteiger partial charge on any atom is -0.491 e. The number of carbonyl (C=O) groups is 1. The zero-order chi connectivity index (χ0) is 24.1. The quantitative estimate of drug-likeness (QED) is 0.346. The van der Waals surface area contributed by atoms with E-state index in [4.69, 9.17) is 27.9 Å². The van der Waals surface area contributed by atoms with Gasteiger partial charge in [-0.25, -0.2) is 9.37 Å². The Hall–Kier alpha value is -2.25. The van der Waals surface area contributed by atoms with Crippen molar-refractivity contribution in [3.05, 3.63) is 70.1 Å². The first-order valence-corrected chi connectivity index (χ1v) is 12.2. The Morgan fingerprint density at radius 2 is 1.97 bits per heavy atom. The van der Waals surface area contributed by atoms with E-state index in [1.165, 1.54) is 12.1 Å². The third-order valence-electron chi connectivity index (χ3n) is 6.21. The predicted octanol–water partition coefficient (Wildman–Crippen LogP) is 5.70. The van der Waals surface area contributed by atoms with Crippen LogP contribution in [0, 0.1) is 17.7 Å². The van der Waals surface area contributed by atoms with E-state index in [2.05, 4.69) is 10.3 Å². The molecule has 3 aromatic rings. The Labute approximate surface area is 208 Å². The Bertz CT molecular complexity index is 1160. The molecular weight excluding hydrogens is 478 g/mol. The molecule has 0 saturated heterocycles. The summed E-state index contributed by atoms with van der Waals surface area (Å²) in [4.78, 5) is 17.3. The normalized spacial score (nSPS) is 18.8. The molecule has 2 aromatic carbocycles. The molecule has 1 aliphatic carbocycles. The van der Waals surface area contributed by atoms with Crippen LogP contribution in [0.3, 0.4) is 0 Å². The second-order valence-corrected chi connectivity index (χ2v) is 9.75. The molecule has 8 heteroatoms. The van der Waals surface area contributed by atoms with Crippen LogP contribution in [0.25, 0.3) is 10.9 Å². The van der Waals surface area contributed by atoms with Gasteiger partial charge in [-0.1, -0.05) is 29.3 Å². The van der Waals surface area contributed by atoms with Crippen molar-refractivity contribution in [3.8, 4) is 5.75 Å². The number of rotatable bonds is 10. The van der Waals surface area contributed by atoms with Gasteiger partial charge in [-0.15, -0.1) is 0 Å². The van der Waals surface area contributed by atoms with Gasteiger partial charge in [-0.2, -0.15) is 0 Å². The van der Waals surface area contributed by atoms with E-state index in [0.717, 1.165) is 36.7 Å². The van der Waals surface area contributed by atoms with Crippen molar-refractivity contribution >= 4 is 39.9 Å². The lowest BCUT2D eigenvalue weighted by Crippen LogP contribution is -2.34. The molecule has 4 rings (SSSR count). The van der Waals surface area contributed by atoms with Gasteiger partial charge in [0.15, 0.2) is 5.78 Å². The molecule has 1 fully saturated rings. The average molecular weight is 505 g/mol. The minimum atomic E-state index is -0.716. The highest BCUT2D eigenvalue weighted by atomic mass is 35.5. The number of nitrogens with one attached hydrogen (secondary N) is 1. The largest absolute Gasteiger partial charge is 0.491 e. The number of halogens is 3. The van der Waals surface area contributed by atoms with Crippen molar-refractivity contribution in [2.45, 2.75) is 31.8 Å². The maximum absolute atomic E-state index is 13.4. The van der Waals surface area contributed by atoms with Gasteiger partial charge in [0, 0.05) is 29.4 Å². The summed E-state index contributed by atoms with van der Waals surface area (Å²) in [5.74, 6) is 0.649. The second kappa shape index (κ2) is 11.5. The second-order valence-electron chi connectivity index (χ2n) is 8.90. The summed E-state index contributed by atoms with van der Waals surface area (Å²) < 4.78 is 18.9. The number of carbonyl (C=O) groups excluding carboxylic acids is 1. The predicted molar refractivity (Wildman–Crippen MR) is 132 cm³/mol. The molecule has 3 atom stereocenters. The first-order chi connectivity index (χ1) is 16.4. The van der Waals surface area contributed by atoms with E-state index in [-0.39, 0.29) is 17.4 Å². The van der Waals surface area contributed by atoms with Crippen LogP contribution in [0.15, 0.2) is 48.5 Å². The summed E-state index contributed by atoms with van der Waals surface area (Å²) in [6.07, 6.45) is 2.81. The van der Waals surface area contributed by atoms with Gasteiger partial charge in [-0.05, 0) is 74.0 Å². The van der Waals surface area contributed by atoms with Gasteiger partial charge in [0.1, 0.15) is 30.0 Å². The van der Waals surface area contributed by atoms with Crippen LogP contribution in [0.4, 0.5) is 4.39 Å². The zero-order valence-corrected chi connectivity index (χ0v) is 20.2. The van der Waals surface area contributed by atoms with Crippen LogP contribution in [0.5, 0.6) is 5.75 Å². The van der Waals surface area contributed by atoms with Crippen LogP contribution < -0.4 is 10.1 Å². The summed E-state index contributed by atoms with van der Waals surface area (Å²) in [5, 5.41) is 15.0. The summed E-state index contributed by atoms with van der Waals surface area (Å²) in [6, 6.07) is 13.3. The number of aliphatic hydroxyl groups is 1. The van der Waals surface area contributed by atoms with Crippen molar-refractivity contribution in [1.82, 2.24) is 10.3 Å². The van der Waals surface area contributed by atoms with E-state index in [1.807, 2.05) is 18.2 Å². The van der Waals surface area contributed by atoms with Crippen LogP contribution >= 0.6 is 23.2 Å². The van der Waals surface area contributed by atoms with E-state index >= 15 is 0 Å². The highest BCUT2D eigenvalue weighted by Crippen LogP contribution is 2.33. The topological polar surface area (TPSA) is 71.5 Å². The molecule has 0 bridgehead atoms. The number of pyridine rings is 1. The van der Waals surface area contributed by atoms with E-state index < -0.39 is 11.9 Å². The molecular formula is C26H27Cl2FN2O3. The summed E-state index contributed by atoms with van der Waals surface area (Å²) in [6.45, 7) is 1.20. The summed E-state index contributed by atoms with van der Waals surface area (Å²) in [5.41, 5.74) is 1.27. The van der Waals surface area contributed by atoms with Crippen LogP contribution in [-0.4, -0.2) is 41.7 Å². The number of aromatic nitrogens is 1. The first kappa shape index (κ1) is 24.9. The number of ketones is 1. The Kier molecular flexibility index (Phi) is 8.37. The lowest BCUT2D eigenvalue weighted by Gasteiger charge is -2.16. The molecule has 0 aliphatic heterocycles. The fraction of sp³-hybridized carbons (Fsp3) is 0.385. The molecule has 1 heterocycles. The number of aliphatic hydroxyl groups excluding tert-OH is 1. The highest BCUT2D eigenvalue weighted by Gasteiger charge is 2.27. The molecule has 0 radical (unpaired) electrons. The molecule has 0 spiro atoms. The van der Waals surface area contributed by atoms with Crippen molar-refractivity contribution in [1.29, 1.82) is 0 Å². The monoisotopic (exact) mass is 504 g/mol. The van der Waals surface area contributed by atoms with Crippen molar-refractivity contribution < 1.29 is 19.0 Å². The Morgan fingerprint density at radius 1 is 1.15 bits per heavy atom. The molecule has 1 saturated carbocycles. The molecule has 1 aromatic heterocycles. The zero-order valence-electron chi connectivity index (χ0n) is 18.6. The third kappa shape index (κ3) is 6.66. The number of nitrogens with zero attached hydrogens (tertiary/aromatic N) is 1. The Morgan fingerprint density at radius 3 is 2.79 bits per heavy atom. The minimum absolute atomic E-state index is 0.0324. The molecule has 2 N–H and O–H groups in total. The van der Waals surface area contributed by atoms with Gasteiger partial charge in [0.05, 0.1) is 10.5 Å². The average Bonchev–Trinajstić information content (AvgIpc) is 3.26. The summed E-state index contributed by atoms with van der Waals surface area (Å²) >= 11 is 11.7. The van der Waals surface area contributed by atoms with Gasteiger partial charge >= 0.3 is 0 Å². The van der Waals surface area contributed by atoms with E-state index in [9.17, 15) is 14.3 Å². The number of ether oxygens (including phenoxy) is 1. The molecule has 180 valence electrons. The molecule has 3 unspecified atom stereocenters. The maximum Gasteiger partial charge on any atom is 0.181 e. The van der Waals surface area contributed by atoms with Gasteiger partial charge in [0.2, 0.25) is 0 Å². The van der Waals surface area contributed by atoms with Crippen molar-refractivity contribution in [2.75, 3.05) is 19.7 Å². The SMILES string of the molecule is O=C(CC1CCC(CNCC(O)COc2ccc(Cl)c(F)c2)C1)c1ccc2cc(Cl)ccc2n1. The van der Waals surface area contributed by atoms with Gasteiger partial charge in [-0.3, -0.25) is 4.79 Å². The fourth-order valence-corrected chi connectivity index (χ4v) is 4.74. The van der Waals surface area contributed by atoms with Gasteiger partial charge in [0.25, 0.3) is 0 Å². The standard InChI is InChI=1S/C26H27Cl2FN2O3/c27-19-4-8-24-18(11-19)3-7-25(31-24)26(33)10-16-1-2-17(9-16)13-30-14-20(32)15-34-21-5-6-22(28)23(29)12-21/h3-8,11-12,16-17,20,30,32H,1-2,9-10,13-15H2. The number of hydrogen-bond donors (Lipinski definition) is 2. The lowest BCUT2D eigenvalue weighted by atomic mass is 9.97. The van der Waals surface area contributed by atoms with Crippen LogP contribution in [-0.2, 0) is 0 Å². The van der Waals surface area contributed by atoms with Crippen LogP contribution in [0.2, 0.25) is 10.0 Å². The van der Waals surface area contributed by atoms with Crippen LogP contribution in [0.1, 0.15) is 36.2 Å². The van der Waals surface area contributed by atoms with Crippen molar-refractivity contribution in [3.63, 3.8) is 0 Å². The number of fused-ring (bicyclic) bond motifs is 1. The molecule has 0 amide bonds. The number of hydrogen-bond acceptors (Lipinski definition) is 5. The lowest BCUT2D eigenvalue weighted by molar-refractivity contribution is 0.0956. The first-order valence-electron chi connectivity index (χ1n) is 11.4. The fourth-order valence-electron chi connectivity index (χ4n) is 4.44. The number of benzene rings is 2. The third-order valence-corrected chi connectivity index (χ3v) is 6.75. The van der Waals surface area contributed by atoms with Gasteiger partial charge < -0.3 is 15.2 Å².